The lowest BCUT2D eigenvalue weighted by atomic mass is 10.1. The Morgan fingerprint density at radius 1 is 1.35 bits per heavy atom. The number of carbonyl (C=O) groups excluding carboxylic acids is 1. The quantitative estimate of drug-likeness (QED) is 0.735. The fourth-order valence-electron chi connectivity index (χ4n) is 3.41. The normalized spacial score (nSPS) is 16.8. The van der Waals surface area contributed by atoms with Crippen LogP contribution in [0.3, 0.4) is 0 Å². The number of amides is 1. The number of aromatic nitrogens is 6. The van der Waals surface area contributed by atoms with Crippen molar-refractivity contribution in [1.82, 2.24) is 35.3 Å². The minimum Gasteiger partial charge on any atom is -0.371 e. The molecule has 0 spiro atoms. The first-order chi connectivity index (χ1) is 12.7. The number of nitrogens with zero attached hydrogens (tertiary/aromatic N) is 7. The van der Waals surface area contributed by atoms with Crippen LogP contribution >= 0.6 is 0 Å². The van der Waals surface area contributed by atoms with Gasteiger partial charge in [0.25, 0.3) is 5.91 Å². The van der Waals surface area contributed by atoms with Crippen LogP contribution in [-0.4, -0.2) is 67.9 Å². The number of H-pyrrole nitrogens is 1. The Balaban J connectivity index is 1.41. The lowest BCUT2D eigenvalue weighted by molar-refractivity contribution is 0.0776. The summed E-state index contributed by atoms with van der Waals surface area (Å²) >= 11 is 0. The molecule has 0 bridgehead atoms. The van der Waals surface area contributed by atoms with Gasteiger partial charge in [-0.15, -0.1) is 5.10 Å². The van der Waals surface area contributed by atoms with Gasteiger partial charge in [0.15, 0.2) is 5.82 Å². The lowest BCUT2D eigenvalue weighted by Crippen LogP contribution is -2.33. The van der Waals surface area contributed by atoms with Crippen molar-refractivity contribution in [3.8, 4) is 5.82 Å². The molecule has 3 heterocycles. The molecule has 4 rings (SSSR count). The fraction of sp³-hybridized carbons (Fsp3) is 0.353. The topological polar surface area (TPSA) is 95.8 Å². The molecular formula is C17H20N8O. The van der Waals surface area contributed by atoms with Gasteiger partial charge in [-0.2, -0.15) is 9.78 Å². The third kappa shape index (κ3) is 3.15. The van der Waals surface area contributed by atoms with Gasteiger partial charge < -0.3 is 9.80 Å². The zero-order valence-electron chi connectivity index (χ0n) is 14.5. The molecule has 3 aromatic rings. The summed E-state index contributed by atoms with van der Waals surface area (Å²) in [6.07, 6.45) is 4.01. The van der Waals surface area contributed by atoms with Crippen LogP contribution in [0, 0.1) is 5.92 Å². The van der Waals surface area contributed by atoms with Crippen LogP contribution in [0.2, 0.25) is 0 Å². The molecule has 2 aromatic heterocycles. The molecular weight excluding hydrogens is 332 g/mol. The first kappa shape index (κ1) is 16.2. The summed E-state index contributed by atoms with van der Waals surface area (Å²) in [5.74, 6) is 0.819. The van der Waals surface area contributed by atoms with E-state index in [2.05, 4.69) is 54.9 Å². The van der Waals surface area contributed by atoms with Crippen LogP contribution in [0.5, 0.6) is 0 Å². The molecule has 1 aliphatic heterocycles. The van der Waals surface area contributed by atoms with Crippen molar-refractivity contribution in [2.24, 2.45) is 5.92 Å². The highest BCUT2D eigenvalue weighted by molar-refractivity contribution is 5.96. The molecule has 1 N–H and O–H groups in total. The number of hydrogen-bond acceptors (Lipinski definition) is 6. The molecule has 0 saturated carbocycles. The summed E-state index contributed by atoms with van der Waals surface area (Å²) in [4.78, 5) is 16.9. The SMILES string of the molecule is CN(C[C@H]1CCN(c2ccccc2)C1)C(=O)c1cn[nH]c1-n1cnnn1. The van der Waals surface area contributed by atoms with E-state index < -0.39 is 0 Å². The van der Waals surface area contributed by atoms with Crippen LogP contribution in [0.4, 0.5) is 5.69 Å². The second kappa shape index (κ2) is 6.95. The van der Waals surface area contributed by atoms with Crippen LogP contribution in [0.15, 0.2) is 42.9 Å². The molecule has 1 aliphatic rings. The predicted octanol–water partition coefficient (Wildman–Crippen LogP) is 0.984. The van der Waals surface area contributed by atoms with Crippen LogP contribution < -0.4 is 4.90 Å². The zero-order chi connectivity index (χ0) is 17.9. The van der Waals surface area contributed by atoms with Gasteiger partial charge in [0, 0.05) is 32.4 Å². The van der Waals surface area contributed by atoms with Crippen LogP contribution in [0.1, 0.15) is 16.8 Å². The Bertz CT molecular complexity index is 860. The van der Waals surface area contributed by atoms with Gasteiger partial charge in [0.2, 0.25) is 0 Å². The Morgan fingerprint density at radius 3 is 2.96 bits per heavy atom. The van der Waals surface area contributed by atoms with Gasteiger partial charge in [-0.05, 0) is 34.9 Å². The molecule has 1 amide bonds. The first-order valence-corrected chi connectivity index (χ1v) is 8.54. The van der Waals surface area contributed by atoms with Gasteiger partial charge in [-0.1, -0.05) is 18.2 Å². The Hall–Kier alpha value is -3.23. The third-order valence-corrected chi connectivity index (χ3v) is 4.71. The van der Waals surface area contributed by atoms with Crippen molar-refractivity contribution in [2.45, 2.75) is 6.42 Å². The Labute approximate surface area is 150 Å². The monoisotopic (exact) mass is 352 g/mol. The van der Waals surface area contributed by atoms with Crippen molar-refractivity contribution in [3.05, 3.63) is 48.4 Å². The van der Waals surface area contributed by atoms with E-state index in [1.807, 2.05) is 13.1 Å². The minimum atomic E-state index is -0.0950. The number of aromatic amines is 1. The minimum absolute atomic E-state index is 0.0950. The number of rotatable bonds is 5. The molecule has 26 heavy (non-hydrogen) atoms. The summed E-state index contributed by atoms with van der Waals surface area (Å²) in [6.45, 7) is 2.66. The molecule has 1 saturated heterocycles. The van der Waals surface area contributed by atoms with E-state index in [1.54, 1.807) is 4.90 Å². The van der Waals surface area contributed by atoms with E-state index in [4.69, 9.17) is 0 Å². The molecule has 0 unspecified atom stereocenters. The smallest absolute Gasteiger partial charge is 0.259 e. The average Bonchev–Trinajstić information content (AvgIpc) is 3.42. The molecule has 1 atom stereocenters. The summed E-state index contributed by atoms with van der Waals surface area (Å²) < 4.78 is 1.40. The molecule has 0 radical (unpaired) electrons. The number of nitrogens with one attached hydrogen (secondary N) is 1. The number of anilines is 1. The molecule has 0 aliphatic carbocycles. The maximum Gasteiger partial charge on any atom is 0.259 e. The van der Waals surface area contributed by atoms with Crippen molar-refractivity contribution in [3.63, 3.8) is 0 Å². The number of para-hydroxylation sites is 1. The van der Waals surface area contributed by atoms with Gasteiger partial charge in [-0.3, -0.25) is 9.89 Å². The summed E-state index contributed by atoms with van der Waals surface area (Å²) in [6, 6.07) is 10.4. The fourth-order valence-corrected chi connectivity index (χ4v) is 3.41. The van der Waals surface area contributed by atoms with E-state index in [0.717, 1.165) is 19.5 Å². The number of hydrogen-bond donors (Lipinski definition) is 1. The Morgan fingerprint density at radius 2 is 2.19 bits per heavy atom. The Kier molecular flexibility index (Phi) is 4.34. The zero-order valence-corrected chi connectivity index (χ0v) is 14.5. The van der Waals surface area contributed by atoms with Crippen LogP contribution in [0.25, 0.3) is 5.82 Å². The highest BCUT2D eigenvalue weighted by atomic mass is 16.2. The van der Waals surface area contributed by atoms with Crippen molar-refractivity contribution in [2.75, 3.05) is 31.6 Å². The number of benzene rings is 1. The third-order valence-electron chi connectivity index (χ3n) is 4.71. The highest BCUT2D eigenvalue weighted by Crippen LogP contribution is 2.24. The number of carbonyl (C=O) groups is 1. The van der Waals surface area contributed by atoms with E-state index in [0.29, 0.717) is 23.8 Å². The molecule has 9 nitrogen and oxygen atoms in total. The van der Waals surface area contributed by atoms with Gasteiger partial charge in [0.05, 0.1) is 6.20 Å². The summed E-state index contributed by atoms with van der Waals surface area (Å²) in [5, 5.41) is 17.8. The molecule has 1 fully saturated rings. The first-order valence-electron chi connectivity index (χ1n) is 8.54. The maximum atomic E-state index is 12.8. The summed E-state index contributed by atoms with van der Waals surface area (Å²) in [5.41, 5.74) is 1.69. The van der Waals surface area contributed by atoms with Crippen LogP contribution in [-0.2, 0) is 0 Å². The number of tetrazole rings is 1. The highest BCUT2D eigenvalue weighted by Gasteiger charge is 2.27. The van der Waals surface area contributed by atoms with Crippen molar-refractivity contribution < 1.29 is 4.79 Å². The predicted molar refractivity (Wildman–Crippen MR) is 95.0 cm³/mol. The van der Waals surface area contributed by atoms with Gasteiger partial charge in [-0.25, -0.2) is 0 Å². The van der Waals surface area contributed by atoms with Crippen molar-refractivity contribution >= 4 is 11.6 Å². The summed E-state index contributed by atoms with van der Waals surface area (Å²) in [7, 11) is 1.82. The second-order valence-corrected chi connectivity index (χ2v) is 6.51. The van der Waals surface area contributed by atoms with E-state index in [-0.39, 0.29) is 5.91 Å². The largest absolute Gasteiger partial charge is 0.371 e. The molecule has 134 valence electrons. The van der Waals surface area contributed by atoms with E-state index in [1.165, 1.54) is 22.9 Å². The average molecular weight is 352 g/mol. The second-order valence-electron chi connectivity index (χ2n) is 6.51. The standard InChI is InChI=1S/C17H20N8O/c1-23(10-13-7-8-24(11-13)14-5-3-2-4-6-14)17(26)15-9-18-20-16(15)25-12-19-21-22-25/h2-6,9,12-13H,7-8,10-11H2,1H3,(H,18,20)/t13-/m1/s1. The maximum absolute atomic E-state index is 12.8. The molecule has 9 heteroatoms. The molecule has 1 aromatic carbocycles. The van der Waals surface area contributed by atoms with Gasteiger partial charge in [0.1, 0.15) is 11.9 Å². The van der Waals surface area contributed by atoms with Gasteiger partial charge >= 0.3 is 0 Å². The van der Waals surface area contributed by atoms with E-state index in [9.17, 15) is 4.79 Å². The van der Waals surface area contributed by atoms with E-state index >= 15 is 0 Å². The van der Waals surface area contributed by atoms with Crippen molar-refractivity contribution in [1.29, 1.82) is 0 Å². The lowest BCUT2D eigenvalue weighted by Gasteiger charge is -2.22.